The summed E-state index contributed by atoms with van der Waals surface area (Å²) in [5, 5.41) is 2.58. The molecule has 0 fully saturated rings. The van der Waals surface area contributed by atoms with Gasteiger partial charge in [0.2, 0.25) is 6.79 Å². The number of Topliss-reactive ketones (excluding diaryl/α,β-unsaturated/α-hetero) is 1. The van der Waals surface area contributed by atoms with Gasteiger partial charge in [-0.05, 0) is 37.1 Å². The Morgan fingerprint density at radius 1 is 1.10 bits per heavy atom. The molecule has 1 aliphatic rings. The number of ketones is 1. The number of anilines is 1. The summed E-state index contributed by atoms with van der Waals surface area (Å²) in [7, 11) is 0. The zero-order chi connectivity index (χ0) is 21.7. The van der Waals surface area contributed by atoms with Gasteiger partial charge in [-0.1, -0.05) is 19.9 Å². The first kappa shape index (κ1) is 21.2. The minimum atomic E-state index is -0.655. The molecule has 0 radical (unpaired) electrons. The Balaban J connectivity index is 1.61. The van der Waals surface area contributed by atoms with Gasteiger partial charge in [0.15, 0.2) is 23.9 Å². The highest BCUT2D eigenvalue weighted by Crippen LogP contribution is 2.37. The number of esters is 1. The summed E-state index contributed by atoms with van der Waals surface area (Å²) in [5.41, 5.74) is 0.808. The lowest BCUT2D eigenvalue weighted by atomic mass is 10.1. The Labute approximate surface area is 174 Å². The van der Waals surface area contributed by atoms with Crippen LogP contribution in [0.3, 0.4) is 0 Å². The second-order valence-corrected chi connectivity index (χ2v) is 7.16. The van der Waals surface area contributed by atoms with Crippen LogP contribution in [0.25, 0.3) is 0 Å². The van der Waals surface area contributed by atoms with Crippen molar-refractivity contribution in [3.05, 3.63) is 47.5 Å². The van der Waals surface area contributed by atoms with Crippen LogP contribution in [0.1, 0.15) is 41.5 Å². The van der Waals surface area contributed by atoms with Gasteiger partial charge in [0, 0.05) is 11.6 Å². The molecule has 0 aromatic heterocycles. The number of ether oxygens (including phenoxy) is 4. The number of fused-ring (bicyclic) bond motifs is 1. The van der Waals surface area contributed by atoms with Gasteiger partial charge < -0.3 is 24.3 Å². The lowest BCUT2D eigenvalue weighted by Crippen LogP contribution is -2.22. The highest BCUT2D eigenvalue weighted by molar-refractivity contribution is 6.05. The summed E-state index contributed by atoms with van der Waals surface area (Å²) in [6.45, 7) is 5.47. The normalized spacial score (nSPS) is 11.9. The molecule has 2 aromatic carbocycles. The second-order valence-electron chi connectivity index (χ2n) is 7.16. The average Bonchev–Trinajstić information content (AvgIpc) is 3.17. The number of benzene rings is 2. The number of nitrogens with one attached hydrogen (secondary N) is 1. The summed E-state index contributed by atoms with van der Waals surface area (Å²) in [6, 6.07) is 9.58. The minimum absolute atomic E-state index is 0.0433. The lowest BCUT2D eigenvalue weighted by Gasteiger charge is -2.12. The van der Waals surface area contributed by atoms with Gasteiger partial charge >= 0.3 is 5.97 Å². The van der Waals surface area contributed by atoms with Gasteiger partial charge in [0.05, 0.1) is 17.9 Å². The second kappa shape index (κ2) is 9.30. The van der Waals surface area contributed by atoms with Crippen molar-refractivity contribution in [3.8, 4) is 17.2 Å². The molecule has 1 amide bonds. The van der Waals surface area contributed by atoms with Crippen LogP contribution in [0.5, 0.6) is 17.2 Å². The van der Waals surface area contributed by atoms with E-state index in [-0.39, 0.29) is 29.4 Å². The first-order chi connectivity index (χ1) is 14.3. The number of carbonyl (C=O) groups excluding carboxylic acids is 3. The predicted molar refractivity (Wildman–Crippen MR) is 108 cm³/mol. The third-order valence-corrected chi connectivity index (χ3v) is 4.15. The molecule has 0 bridgehead atoms. The summed E-state index contributed by atoms with van der Waals surface area (Å²) < 4.78 is 21.2. The summed E-state index contributed by atoms with van der Waals surface area (Å²) in [6.07, 6.45) is 0. The molecule has 8 heteroatoms. The standard InChI is InChI=1S/C22H23NO7/c1-13(2)10-27-16-6-4-5-15(7-16)22(26)28-11-21(25)23-18-9-20-19(29-12-30-20)8-17(18)14(3)24/h4-9,13H,10-12H2,1-3H3,(H,23,25). The summed E-state index contributed by atoms with van der Waals surface area (Å²) in [5.74, 6) is 0.262. The minimum Gasteiger partial charge on any atom is -0.493 e. The highest BCUT2D eigenvalue weighted by atomic mass is 16.7. The highest BCUT2D eigenvalue weighted by Gasteiger charge is 2.21. The molecule has 1 aliphatic heterocycles. The van der Waals surface area contributed by atoms with E-state index in [1.165, 1.54) is 19.1 Å². The Morgan fingerprint density at radius 2 is 1.83 bits per heavy atom. The van der Waals surface area contributed by atoms with Crippen LogP contribution in [0.15, 0.2) is 36.4 Å². The molecule has 1 N–H and O–H groups in total. The first-order valence-electron chi connectivity index (χ1n) is 9.48. The molecule has 0 saturated heterocycles. The third-order valence-electron chi connectivity index (χ3n) is 4.15. The molecule has 0 unspecified atom stereocenters. The van der Waals surface area contributed by atoms with Gasteiger partial charge in [-0.2, -0.15) is 0 Å². The van der Waals surface area contributed by atoms with Gasteiger partial charge in [-0.3, -0.25) is 9.59 Å². The number of carbonyl (C=O) groups is 3. The van der Waals surface area contributed by atoms with Gasteiger partial charge in [-0.25, -0.2) is 4.79 Å². The molecule has 0 spiro atoms. The maximum absolute atomic E-state index is 12.3. The number of rotatable bonds is 8. The Morgan fingerprint density at radius 3 is 2.53 bits per heavy atom. The zero-order valence-electron chi connectivity index (χ0n) is 17.0. The number of hydrogen-bond acceptors (Lipinski definition) is 7. The average molecular weight is 413 g/mol. The van der Waals surface area contributed by atoms with Crippen LogP contribution in [0.2, 0.25) is 0 Å². The van der Waals surface area contributed by atoms with Crippen molar-refractivity contribution in [1.29, 1.82) is 0 Å². The molecule has 0 aliphatic carbocycles. The monoisotopic (exact) mass is 413 g/mol. The molecular weight excluding hydrogens is 390 g/mol. The molecule has 158 valence electrons. The van der Waals surface area contributed by atoms with Crippen molar-refractivity contribution in [2.24, 2.45) is 5.92 Å². The van der Waals surface area contributed by atoms with E-state index in [1.807, 2.05) is 13.8 Å². The van der Waals surface area contributed by atoms with Gasteiger partial charge in [0.25, 0.3) is 5.91 Å². The zero-order valence-corrected chi connectivity index (χ0v) is 17.0. The fourth-order valence-corrected chi connectivity index (χ4v) is 2.71. The van der Waals surface area contributed by atoms with Crippen molar-refractivity contribution in [1.82, 2.24) is 0 Å². The Kier molecular flexibility index (Phi) is 6.56. The van der Waals surface area contributed by atoms with E-state index in [4.69, 9.17) is 18.9 Å². The van der Waals surface area contributed by atoms with Crippen molar-refractivity contribution in [2.45, 2.75) is 20.8 Å². The van der Waals surface area contributed by atoms with Crippen molar-refractivity contribution in [3.63, 3.8) is 0 Å². The molecule has 0 atom stereocenters. The van der Waals surface area contributed by atoms with Crippen LogP contribution >= 0.6 is 0 Å². The molecule has 30 heavy (non-hydrogen) atoms. The quantitative estimate of drug-likeness (QED) is 0.523. The van der Waals surface area contributed by atoms with E-state index >= 15 is 0 Å². The maximum Gasteiger partial charge on any atom is 0.338 e. The lowest BCUT2D eigenvalue weighted by molar-refractivity contribution is -0.119. The molecule has 2 aromatic rings. The third kappa shape index (κ3) is 5.28. The smallest absolute Gasteiger partial charge is 0.338 e. The van der Waals surface area contributed by atoms with E-state index in [2.05, 4.69) is 5.32 Å². The van der Waals surface area contributed by atoms with Crippen LogP contribution in [-0.2, 0) is 9.53 Å². The maximum atomic E-state index is 12.3. The molecule has 1 heterocycles. The SMILES string of the molecule is CC(=O)c1cc2c(cc1NC(=O)COC(=O)c1cccc(OCC(C)C)c1)OCO2. The van der Waals surface area contributed by atoms with E-state index < -0.39 is 18.5 Å². The summed E-state index contributed by atoms with van der Waals surface area (Å²) in [4.78, 5) is 36.4. The summed E-state index contributed by atoms with van der Waals surface area (Å²) >= 11 is 0. The fourth-order valence-electron chi connectivity index (χ4n) is 2.71. The Bertz CT molecular complexity index is 968. The van der Waals surface area contributed by atoms with Crippen LogP contribution in [0, 0.1) is 5.92 Å². The predicted octanol–water partition coefficient (Wildman–Crippen LogP) is 3.45. The van der Waals surface area contributed by atoms with Crippen molar-refractivity contribution in [2.75, 3.05) is 25.3 Å². The number of amides is 1. The largest absolute Gasteiger partial charge is 0.493 e. The fraction of sp³-hybridized carbons (Fsp3) is 0.318. The van der Waals surface area contributed by atoms with Crippen molar-refractivity contribution < 1.29 is 33.3 Å². The van der Waals surface area contributed by atoms with Crippen LogP contribution < -0.4 is 19.5 Å². The number of hydrogen-bond donors (Lipinski definition) is 1. The van der Waals surface area contributed by atoms with Gasteiger partial charge in [-0.15, -0.1) is 0 Å². The molecule has 3 rings (SSSR count). The van der Waals surface area contributed by atoms with Crippen LogP contribution in [0.4, 0.5) is 5.69 Å². The molecule has 0 saturated carbocycles. The van der Waals surface area contributed by atoms with Crippen LogP contribution in [-0.4, -0.2) is 37.7 Å². The van der Waals surface area contributed by atoms with E-state index in [9.17, 15) is 14.4 Å². The molecule has 8 nitrogen and oxygen atoms in total. The van der Waals surface area contributed by atoms with Gasteiger partial charge in [0.1, 0.15) is 5.75 Å². The molecular formula is C22H23NO7. The topological polar surface area (TPSA) is 100 Å². The van der Waals surface area contributed by atoms with Crippen molar-refractivity contribution >= 4 is 23.3 Å². The first-order valence-corrected chi connectivity index (χ1v) is 9.48. The Hall–Kier alpha value is -3.55. The van der Waals surface area contributed by atoms with E-state index in [0.717, 1.165) is 0 Å². The van der Waals surface area contributed by atoms with E-state index in [0.29, 0.717) is 29.8 Å². The van der Waals surface area contributed by atoms with E-state index in [1.54, 1.807) is 24.3 Å².